The van der Waals surface area contributed by atoms with E-state index in [1.54, 1.807) is 0 Å². The Morgan fingerprint density at radius 3 is 2.55 bits per heavy atom. The molecule has 0 aliphatic carbocycles. The van der Waals surface area contributed by atoms with Crippen LogP contribution >= 0.6 is 11.6 Å². The lowest BCUT2D eigenvalue weighted by Gasteiger charge is -2.28. The normalized spacial score (nSPS) is 13.6. The van der Waals surface area contributed by atoms with Gasteiger partial charge in [-0.1, -0.05) is 26.0 Å². The molecular formula is C16H24ClN3. The van der Waals surface area contributed by atoms with Crippen molar-refractivity contribution in [1.29, 1.82) is 0 Å². The van der Waals surface area contributed by atoms with Crippen molar-refractivity contribution in [2.24, 2.45) is 5.92 Å². The summed E-state index contributed by atoms with van der Waals surface area (Å²) in [5.41, 5.74) is 3.48. The topological polar surface area (TPSA) is 21.1 Å². The van der Waals surface area contributed by atoms with E-state index in [9.17, 15) is 0 Å². The minimum Gasteiger partial charge on any atom is -0.322 e. The predicted octanol–water partition coefficient (Wildman–Crippen LogP) is 3.84. The lowest BCUT2D eigenvalue weighted by atomic mass is 10.0. The lowest BCUT2D eigenvalue weighted by molar-refractivity contribution is 0.270. The summed E-state index contributed by atoms with van der Waals surface area (Å²) in [4.78, 5) is 6.98. The maximum atomic E-state index is 6.14. The molecule has 0 aliphatic heterocycles. The number of hydrogen-bond donors (Lipinski definition) is 0. The van der Waals surface area contributed by atoms with Crippen LogP contribution in [0.1, 0.15) is 31.3 Å². The smallest absolute Gasteiger partial charge is 0.125 e. The van der Waals surface area contributed by atoms with E-state index in [1.807, 2.05) is 0 Å². The van der Waals surface area contributed by atoms with Gasteiger partial charge < -0.3 is 9.47 Å². The van der Waals surface area contributed by atoms with Crippen molar-refractivity contribution in [3.8, 4) is 0 Å². The molecular weight excluding hydrogens is 270 g/mol. The van der Waals surface area contributed by atoms with E-state index in [4.69, 9.17) is 16.6 Å². The number of nitrogens with zero attached hydrogens (tertiary/aromatic N) is 3. The van der Waals surface area contributed by atoms with Gasteiger partial charge in [0.15, 0.2) is 0 Å². The third kappa shape index (κ3) is 2.84. The molecule has 0 N–H and O–H groups in total. The molecule has 110 valence electrons. The zero-order valence-electron chi connectivity index (χ0n) is 13.0. The number of aromatic nitrogens is 2. The van der Waals surface area contributed by atoms with Crippen LogP contribution in [-0.2, 0) is 5.88 Å². The van der Waals surface area contributed by atoms with Crippen molar-refractivity contribution >= 4 is 22.6 Å². The quantitative estimate of drug-likeness (QED) is 0.781. The number of halogens is 1. The van der Waals surface area contributed by atoms with E-state index in [-0.39, 0.29) is 0 Å². The fourth-order valence-corrected chi connectivity index (χ4v) is 2.92. The molecule has 0 bridgehead atoms. The minimum atomic E-state index is 0.380. The van der Waals surface area contributed by atoms with Gasteiger partial charge in [0.1, 0.15) is 5.82 Å². The molecule has 1 unspecified atom stereocenters. The fourth-order valence-electron chi connectivity index (χ4n) is 2.73. The second-order valence-corrected chi connectivity index (χ2v) is 6.32. The number of hydrogen-bond acceptors (Lipinski definition) is 2. The molecule has 1 aromatic carbocycles. The summed E-state index contributed by atoms with van der Waals surface area (Å²) in [6.45, 7) is 7.61. The van der Waals surface area contributed by atoms with Gasteiger partial charge in [-0.2, -0.15) is 0 Å². The molecule has 0 saturated heterocycles. The van der Waals surface area contributed by atoms with E-state index in [0.29, 0.717) is 17.8 Å². The van der Waals surface area contributed by atoms with Gasteiger partial charge in [0, 0.05) is 6.54 Å². The Morgan fingerprint density at radius 1 is 1.30 bits per heavy atom. The first-order chi connectivity index (χ1) is 9.45. The van der Waals surface area contributed by atoms with Gasteiger partial charge in [-0.25, -0.2) is 4.98 Å². The summed E-state index contributed by atoms with van der Waals surface area (Å²) in [5.74, 6) is 1.94. The van der Waals surface area contributed by atoms with Gasteiger partial charge in [0.05, 0.1) is 23.0 Å². The molecule has 0 spiro atoms. The van der Waals surface area contributed by atoms with Crippen LogP contribution in [0.25, 0.3) is 11.0 Å². The molecule has 0 fully saturated rings. The number of imidazole rings is 1. The van der Waals surface area contributed by atoms with Crippen LogP contribution in [0.5, 0.6) is 0 Å². The van der Waals surface area contributed by atoms with Crippen molar-refractivity contribution in [3.05, 3.63) is 29.6 Å². The standard InChI is InChI=1S/C16H24ClN3/c1-11(2)14(10-19(4)5)20-13-8-6-7-12(3)16(13)18-15(20)9-17/h6-8,11,14H,9-10H2,1-5H3. The number of benzene rings is 1. The Kier molecular flexibility index (Phi) is 4.71. The molecule has 20 heavy (non-hydrogen) atoms. The fraction of sp³-hybridized carbons (Fsp3) is 0.562. The third-order valence-corrected chi connectivity index (χ3v) is 4.01. The average Bonchev–Trinajstić information content (AvgIpc) is 2.75. The number of alkyl halides is 1. The van der Waals surface area contributed by atoms with Crippen molar-refractivity contribution < 1.29 is 0 Å². The first-order valence-corrected chi connectivity index (χ1v) is 7.66. The summed E-state index contributed by atoms with van der Waals surface area (Å²) >= 11 is 6.14. The molecule has 3 nitrogen and oxygen atoms in total. The Hall–Kier alpha value is -1.06. The van der Waals surface area contributed by atoms with Crippen molar-refractivity contribution in [2.75, 3.05) is 20.6 Å². The van der Waals surface area contributed by atoms with E-state index >= 15 is 0 Å². The number of fused-ring (bicyclic) bond motifs is 1. The van der Waals surface area contributed by atoms with Gasteiger partial charge in [0.25, 0.3) is 0 Å². The highest BCUT2D eigenvalue weighted by molar-refractivity contribution is 6.16. The summed E-state index contributed by atoms with van der Waals surface area (Å²) in [7, 11) is 4.22. The van der Waals surface area contributed by atoms with Crippen LogP contribution < -0.4 is 0 Å². The van der Waals surface area contributed by atoms with Crippen LogP contribution in [0.15, 0.2) is 18.2 Å². The summed E-state index contributed by atoms with van der Waals surface area (Å²) in [6.07, 6.45) is 0. The van der Waals surface area contributed by atoms with Gasteiger partial charge in [-0.05, 0) is 38.6 Å². The second kappa shape index (κ2) is 6.15. The highest BCUT2D eigenvalue weighted by Gasteiger charge is 2.22. The molecule has 4 heteroatoms. The van der Waals surface area contributed by atoms with Gasteiger partial charge >= 0.3 is 0 Å². The zero-order chi connectivity index (χ0) is 14.9. The summed E-state index contributed by atoms with van der Waals surface area (Å²) in [5, 5.41) is 0. The van der Waals surface area contributed by atoms with Crippen LogP contribution in [0, 0.1) is 12.8 Å². The highest BCUT2D eigenvalue weighted by Crippen LogP contribution is 2.28. The Balaban J connectivity index is 2.63. The second-order valence-electron chi connectivity index (χ2n) is 6.05. The zero-order valence-corrected chi connectivity index (χ0v) is 13.8. The molecule has 1 heterocycles. The number of rotatable bonds is 5. The minimum absolute atomic E-state index is 0.380. The molecule has 0 saturated carbocycles. The molecule has 0 amide bonds. The van der Waals surface area contributed by atoms with E-state index < -0.39 is 0 Å². The number of aryl methyl sites for hydroxylation is 1. The molecule has 2 aromatic rings. The third-order valence-electron chi connectivity index (χ3n) is 3.77. The maximum Gasteiger partial charge on any atom is 0.125 e. The van der Waals surface area contributed by atoms with Crippen molar-refractivity contribution in [3.63, 3.8) is 0 Å². The molecule has 1 atom stereocenters. The SMILES string of the molecule is Cc1cccc2c1nc(CCl)n2C(CN(C)C)C(C)C. The monoisotopic (exact) mass is 293 g/mol. The van der Waals surface area contributed by atoms with Crippen LogP contribution in [-0.4, -0.2) is 35.1 Å². The number of para-hydroxylation sites is 1. The molecule has 0 aliphatic rings. The lowest BCUT2D eigenvalue weighted by Crippen LogP contribution is -2.29. The first kappa shape index (κ1) is 15.3. The molecule has 1 aromatic heterocycles. The number of likely N-dealkylation sites (N-methyl/N-ethyl adjacent to an activating group) is 1. The largest absolute Gasteiger partial charge is 0.322 e. The van der Waals surface area contributed by atoms with E-state index in [0.717, 1.165) is 17.9 Å². The van der Waals surface area contributed by atoms with Crippen LogP contribution in [0.2, 0.25) is 0 Å². The van der Waals surface area contributed by atoms with Crippen molar-refractivity contribution in [2.45, 2.75) is 32.7 Å². The Morgan fingerprint density at radius 2 is 2.00 bits per heavy atom. The maximum absolute atomic E-state index is 6.14. The van der Waals surface area contributed by atoms with Crippen LogP contribution in [0.3, 0.4) is 0 Å². The summed E-state index contributed by atoms with van der Waals surface area (Å²) < 4.78 is 2.33. The Bertz CT molecular complexity index is 587. The van der Waals surface area contributed by atoms with Gasteiger partial charge in [0.2, 0.25) is 0 Å². The first-order valence-electron chi connectivity index (χ1n) is 7.12. The van der Waals surface area contributed by atoms with E-state index in [1.165, 1.54) is 11.1 Å². The predicted molar refractivity (Wildman–Crippen MR) is 86.5 cm³/mol. The highest BCUT2D eigenvalue weighted by atomic mass is 35.5. The summed E-state index contributed by atoms with van der Waals surface area (Å²) in [6, 6.07) is 6.73. The van der Waals surface area contributed by atoms with Crippen LogP contribution in [0.4, 0.5) is 0 Å². The van der Waals surface area contributed by atoms with Crippen molar-refractivity contribution in [1.82, 2.24) is 14.5 Å². The van der Waals surface area contributed by atoms with E-state index in [2.05, 4.69) is 62.5 Å². The average molecular weight is 294 g/mol. The Labute approximate surface area is 126 Å². The van der Waals surface area contributed by atoms with Gasteiger partial charge in [-0.15, -0.1) is 11.6 Å². The van der Waals surface area contributed by atoms with Gasteiger partial charge in [-0.3, -0.25) is 0 Å². The molecule has 0 radical (unpaired) electrons. The molecule has 2 rings (SSSR count).